The van der Waals surface area contributed by atoms with Crippen molar-refractivity contribution in [3.05, 3.63) is 42.5 Å². The average molecular weight is 271 g/mol. The first kappa shape index (κ1) is 14.2. The minimum Gasteiger partial charge on any atom is -0.195 e. The molecule has 0 aromatic heterocycles. The van der Waals surface area contributed by atoms with Crippen LogP contribution in [0.1, 0.15) is 50.0 Å². The quantitative estimate of drug-likeness (QED) is 0.382. The minimum absolute atomic E-state index is 0.727. The first-order valence-corrected chi connectivity index (χ1v) is 7.53. The van der Waals surface area contributed by atoms with Crippen molar-refractivity contribution in [2.75, 3.05) is 0 Å². The van der Waals surface area contributed by atoms with Crippen LogP contribution in [0.2, 0.25) is 0 Å². The molecule has 1 nitrogen and oxygen atoms in total. The number of aliphatic imine (C=N–C) groups is 1. The van der Waals surface area contributed by atoms with Crippen molar-refractivity contribution < 1.29 is 0 Å². The number of thiocarbonyl (C=S) groups is 1. The Balaban J connectivity index is 1.90. The summed E-state index contributed by atoms with van der Waals surface area (Å²) >= 11 is 4.62. The standard InChI is InChI=1S/C17H21NS/c1-2-3-4-14-5-7-15(8-6-14)16-9-11-17(12-10-16)18-13-19/h2,9-12,14-15H,1,3-8H2. The first-order chi connectivity index (χ1) is 9.33. The van der Waals surface area contributed by atoms with Crippen LogP contribution in [0.3, 0.4) is 0 Å². The van der Waals surface area contributed by atoms with Crippen LogP contribution in [0.15, 0.2) is 41.9 Å². The van der Waals surface area contributed by atoms with E-state index in [0.29, 0.717) is 0 Å². The van der Waals surface area contributed by atoms with Crippen LogP contribution in [0, 0.1) is 5.92 Å². The van der Waals surface area contributed by atoms with Crippen LogP contribution in [-0.4, -0.2) is 5.16 Å². The van der Waals surface area contributed by atoms with E-state index in [-0.39, 0.29) is 0 Å². The maximum Gasteiger partial charge on any atom is 0.0739 e. The van der Waals surface area contributed by atoms with Gasteiger partial charge in [-0.05, 0) is 80.3 Å². The molecule has 0 unspecified atom stereocenters. The van der Waals surface area contributed by atoms with Crippen LogP contribution >= 0.6 is 12.2 Å². The number of isothiocyanates is 1. The maximum atomic E-state index is 4.62. The molecule has 1 fully saturated rings. The summed E-state index contributed by atoms with van der Waals surface area (Å²) in [5.41, 5.74) is 2.35. The summed E-state index contributed by atoms with van der Waals surface area (Å²) in [6.07, 6.45) is 9.88. The van der Waals surface area contributed by atoms with Crippen molar-refractivity contribution in [2.45, 2.75) is 44.4 Å². The van der Waals surface area contributed by atoms with Crippen LogP contribution in [0.5, 0.6) is 0 Å². The molecule has 0 bridgehead atoms. The lowest BCUT2D eigenvalue weighted by atomic mass is 9.77. The van der Waals surface area contributed by atoms with E-state index in [1.807, 2.05) is 18.2 Å². The molecule has 0 spiro atoms. The smallest absolute Gasteiger partial charge is 0.0739 e. The molecule has 0 atom stereocenters. The molecule has 2 heteroatoms. The van der Waals surface area contributed by atoms with Gasteiger partial charge in [-0.1, -0.05) is 18.2 Å². The summed E-state index contributed by atoms with van der Waals surface area (Å²) in [7, 11) is 0. The molecule has 1 aromatic carbocycles. The molecular formula is C17H21NS. The van der Waals surface area contributed by atoms with E-state index in [4.69, 9.17) is 0 Å². The highest BCUT2D eigenvalue weighted by molar-refractivity contribution is 7.78. The molecule has 0 heterocycles. The molecule has 0 saturated heterocycles. The highest BCUT2D eigenvalue weighted by Gasteiger charge is 2.21. The first-order valence-electron chi connectivity index (χ1n) is 7.12. The van der Waals surface area contributed by atoms with Gasteiger partial charge in [-0.3, -0.25) is 0 Å². The van der Waals surface area contributed by atoms with Crippen molar-refractivity contribution in [3.63, 3.8) is 0 Å². The lowest BCUT2D eigenvalue weighted by Crippen LogP contribution is -2.13. The molecule has 2 rings (SSSR count). The van der Waals surface area contributed by atoms with Gasteiger partial charge in [0.05, 0.1) is 10.8 Å². The van der Waals surface area contributed by atoms with Gasteiger partial charge in [-0.15, -0.1) is 6.58 Å². The van der Waals surface area contributed by atoms with Gasteiger partial charge in [0, 0.05) is 0 Å². The molecule has 100 valence electrons. The average Bonchev–Trinajstić information content (AvgIpc) is 2.47. The Hall–Kier alpha value is -1.24. The Morgan fingerprint density at radius 1 is 1.21 bits per heavy atom. The van der Waals surface area contributed by atoms with E-state index < -0.39 is 0 Å². The molecule has 1 aromatic rings. The van der Waals surface area contributed by atoms with Gasteiger partial charge in [-0.25, -0.2) is 0 Å². The molecular weight excluding hydrogens is 250 g/mol. The van der Waals surface area contributed by atoms with Crippen LogP contribution in [0.4, 0.5) is 5.69 Å². The van der Waals surface area contributed by atoms with Gasteiger partial charge in [0.1, 0.15) is 0 Å². The summed E-state index contributed by atoms with van der Waals surface area (Å²) in [5.74, 6) is 1.64. The Morgan fingerprint density at radius 3 is 2.47 bits per heavy atom. The maximum absolute atomic E-state index is 4.62. The second-order valence-corrected chi connectivity index (χ2v) is 5.56. The SMILES string of the molecule is C=CCCC1CCC(c2ccc(N=C=S)cc2)CC1. The second kappa shape index (κ2) is 7.37. The van der Waals surface area contributed by atoms with E-state index in [9.17, 15) is 0 Å². The van der Waals surface area contributed by atoms with Crippen molar-refractivity contribution in [1.82, 2.24) is 0 Å². The normalized spacial score (nSPS) is 22.5. The topological polar surface area (TPSA) is 12.4 Å². The number of nitrogens with zero attached hydrogens (tertiary/aromatic N) is 1. The van der Waals surface area contributed by atoms with Crippen LogP contribution < -0.4 is 0 Å². The number of hydrogen-bond acceptors (Lipinski definition) is 2. The lowest BCUT2D eigenvalue weighted by molar-refractivity contribution is 0.312. The summed E-state index contributed by atoms with van der Waals surface area (Å²) in [4.78, 5) is 3.99. The molecule has 0 N–H and O–H groups in total. The Bertz CT molecular complexity index is 449. The third-order valence-corrected chi connectivity index (χ3v) is 4.26. The molecule has 0 radical (unpaired) electrons. The predicted molar refractivity (Wildman–Crippen MR) is 85.3 cm³/mol. The van der Waals surface area contributed by atoms with E-state index in [2.05, 4.69) is 41.1 Å². The third kappa shape index (κ3) is 4.12. The fourth-order valence-corrected chi connectivity index (χ4v) is 3.12. The van der Waals surface area contributed by atoms with Gasteiger partial charge in [0.25, 0.3) is 0 Å². The van der Waals surface area contributed by atoms with Crippen molar-refractivity contribution >= 4 is 23.1 Å². The molecule has 0 amide bonds. The highest BCUT2D eigenvalue weighted by atomic mass is 32.1. The Morgan fingerprint density at radius 2 is 1.89 bits per heavy atom. The van der Waals surface area contributed by atoms with E-state index in [1.165, 1.54) is 44.1 Å². The zero-order valence-corrected chi connectivity index (χ0v) is 12.2. The third-order valence-electron chi connectivity index (χ3n) is 4.17. The molecule has 1 aliphatic rings. The number of benzene rings is 1. The monoisotopic (exact) mass is 271 g/mol. The summed E-state index contributed by atoms with van der Waals surface area (Å²) in [6.45, 7) is 3.81. The molecule has 0 aliphatic heterocycles. The van der Waals surface area contributed by atoms with Crippen molar-refractivity contribution in [1.29, 1.82) is 0 Å². The van der Waals surface area contributed by atoms with Crippen molar-refractivity contribution in [3.8, 4) is 0 Å². The van der Waals surface area contributed by atoms with Crippen LogP contribution in [0.25, 0.3) is 0 Å². The van der Waals surface area contributed by atoms with Crippen LogP contribution in [-0.2, 0) is 0 Å². The molecule has 19 heavy (non-hydrogen) atoms. The predicted octanol–water partition coefficient (Wildman–Crippen LogP) is 5.66. The fourth-order valence-electron chi connectivity index (χ4n) is 3.01. The summed E-state index contributed by atoms with van der Waals surface area (Å²) in [6, 6.07) is 8.47. The van der Waals surface area contributed by atoms with Crippen molar-refractivity contribution in [2.24, 2.45) is 10.9 Å². The minimum atomic E-state index is 0.727. The van der Waals surface area contributed by atoms with Gasteiger partial charge >= 0.3 is 0 Å². The zero-order valence-electron chi connectivity index (χ0n) is 11.3. The zero-order chi connectivity index (χ0) is 13.5. The van der Waals surface area contributed by atoms with Gasteiger partial charge in [0.15, 0.2) is 0 Å². The van der Waals surface area contributed by atoms with Gasteiger partial charge in [-0.2, -0.15) is 4.99 Å². The lowest BCUT2D eigenvalue weighted by Gasteiger charge is -2.28. The van der Waals surface area contributed by atoms with Gasteiger partial charge < -0.3 is 0 Å². The molecule has 1 saturated carbocycles. The van der Waals surface area contributed by atoms with E-state index in [0.717, 1.165) is 17.5 Å². The number of hydrogen-bond donors (Lipinski definition) is 0. The number of allylic oxidation sites excluding steroid dienone is 1. The second-order valence-electron chi connectivity index (χ2n) is 5.38. The fraction of sp³-hybridized carbons (Fsp3) is 0.471. The number of rotatable bonds is 5. The summed E-state index contributed by atoms with van der Waals surface area (Å²) < 4.78 is 0. The van der Waals surface area contributed by atoms with E-state index >= 15 is 0 Å². The largest absolute Gasteiger partial charge is 0.195 e. The molecule has 1 aliphatic carbocycles. The Kier molecular flexibility index (Phi) is 5.50. The Labute approximate surface area is 121 Å². The van der Waals surface area contributed by atoms with Gasteiger partial charge in [0.2, 0.25) is 0 Å². The highest BCUT2D eigenvalue weighted by Crippen LogP contribution is 2.37. The summed E-state index contributed by atoms with van der Waals surface area (Å²) in [5, 5.41) is 2.41. The van der Waals surface area contributed by atoms with E-state index in [1.54, 1.807) is 0 Å².